The van der Waals surface area contributed by atoms with Crippen LogP contribution in [0.5, 0.6) is 5.75 Å². The average Bonchev–Trinajstić information content (AvgIpc) is 2.40. The zero-order valence-corrected chi connectivity index (χ0v) is 11.1. The van der Waals surface area contributed by atoms with Gasteiger partial charge in [0.05, 0.1) is 19.6 Å². The van der Waals surface area contributed by atoms with Crippen LogP contribution in [0.1, 0.15) is 29.3 Å². The van der Waals surface area contributed by atoms with Crippen molar-refractivity contribution in [2.24, 2.45) is 0 Å². The van der Waals surface area contributed by atoms with Gasteiger partial charge in [0.2, 0.25) is 0 Å². The minimum absolute atomic E-state index is 0.0638. The first-order chi connectivity index (χ1) is 8.63. The molecule has 0 unspecified atom stereocenters. The molecule has 0 aliphatic rings. The number of carbonyl (C=O) groups is 1. The van der Waals surface area contributed by atoms with Crippen LogP contribution in [0.3, 0.4) is 0 Å². The van der Waals surface area contributed by atoms with E-state index in [0.717, 1.165) is 5.56 Å². The van der Waals surface area contributed by atoms with Crippen molar-refractivity contribution in [3.63, 3.8) is 0 Å². The second kappa shape index (κ2) is 6.65. The summed E-state index contributed by atoms with van der Waals surface area (Å²) in [5, 5.41) is 8.57. The van der Waals surface area contributed by atoms with Gasteiger partial charge in [0, 0.05) is 18.7 Å². The average molecular weight is 246 g/mol. The Balaban J connectivity index is 2.91. The van der Waals surface area contributed by atoms with Gasteiger partial charge < -0.3 is 9.64 Å². The van der Waals surface area contributed by atoms with E-state index < -0.39 is 0 Å². The Morgan fingerprint density at radius 3 is 2.78 bits per heavy atom. The molecule has 0 saturated heterocycles. The van der Waals surface area contributed by atoms with Gasteiger partial charge in [-0.1, -0.05) is 6.07 Å². The number of nitrogens with zero attached hydrogens (tertiary/aromatic N) is 2. The summed E-state index contributed by atoms with van der Waals surface area (Å²) in [5.74, 6) is 0.642. The lowest BCUT2D eigenvalue weighted by Crippen LogP contribution is -2.31. The second-order valence-corrected chi connectivity index (χ2v) is 3.98. The summed E-state index contributed by atoms with van der Waals surface area (Å²) < 4.78 is 5.21. The van der Waals surface area contributed by atoms with Crippen molar-refractivity contribution in [2.45, 2.75) is 20.3 Å². The van der Waals surface area contributed by atoms with E-state index >= 15 is 0 Å². The molecule has 0 aliphatic heterocycles. The van der Waals surface area contributed by atoms with Gasteiger partial charge in [-0.2, -0.15) is 5.26 Å². The maximum absolute atomic E-state index is 12.2. The SMILES string of the molecule is CCN(CCC#N)C(=O)c1ccc(C)c(OC)c1. The molecule has 0 saturated carbocycles. The van der Waals surface area contributed by atoms with Crippen molar-refractivity contribution in [1.82, 2.24) is 4.90 Å². The van der Waals surface area contributed by atoms with Crippen LogP contribution in [-0.2, 0) is 0 Å². The molecule has 4 nitrogen and oxygen atoms in total. The third kappa shape index (κ3) is 3.24. The molecule has 0 atom stereocenters. The Morgan fingerprint density at radius 2 is 2.22 bits per heavy atom. The number of methoxy groups -OCH3 is 1. The highest BCUT2D eigenvalue weighted by molar-refractivity contribution is 5.94. The minimum Gasteiger partial charge on any atom is -0.496 e. The number of amides is 1. The molecule has 0 aromatic heterocycles. The van der Waals surface area contributed by atoms with Crippen molar-refractivity contribution in [1.29, 1.82) is 5.26 Å². The summed E-state index contributed by atoms with van der Waals surface area (Å²) in [6, 6.07) is 7.45. The van der Waals surface area contributed by atoms with Crippen LogP contribution in [-0.4, -0.2) is 31.0 Å². The van der Waals surface area contributed by atoms with E-state index in [1.165, 1.54) is 0 Å². The third-order valence-corrected chi connectivity index (χ3v) is 2.82. The Kier molecular flexibility index (Phi) is 5.19. The van der Waals surface area contributed by atoms with Gasteiger partial charge in [0.25, 0.3) is 5.91 Å². The minimum atomic E-state index is -0.0638. The quantitative estimate of drug-likeness (QED) is 0.801. The second-order valence-electron chi connectivity index (χ2n) is 3.98. The van der Waals surface area contributed by atoms with Crippen LogP contribution in [0, 0.1) is 18.3 Å². The van der Waals surface area contributed by atoms with Crippen molar-refractivity contribution in [2.75, 3.05) is 20.2 Å². The monoisotopic (exact) mass is 246 g/mol. The smallest absolute Gasteiger partial charge is 0.254 e. The van der Waals surface area contributed by atoms with Crippen molar-refractivity contribution in [3.05, 3.63) is 29.3 Å². The normalized spacial score (nSPS) is 9.67. The molecule has 4 heteroatoms. The Morgan fingerprint density at radius 1 is 1.50 bits per heavy atom. The van der Waals surface area contributed by atoms with Gasteiger partial charge in [-0.25, -0.2) is 0 Å². The molecule has 0 bridgehead atoms. The zero-order chi connectivity index (χ0) is 13.5. The number of nitriles is 1. The van der Waals surface area contributed by atoms with E-state index in [1.807, 2.05) is 19.9 Å². The van der Waals surface area contributed by atoms with Gasteiger partial charge in [-0.05, 0) is 31.5 Å². The van der Waals surface area contributed by atoms with E-state index in [0.29, 0.717) is 30.8 Å². The van der Waals surface area contributed by atoms with Gasteiger partial charge >= 0.3 is 0 Å². The summed E-state index contributed by atoms with van der Waals surface area (Å²) in [6.45, 7) is 4.89. The number of rotatable bonds is 5. The van der Waals surface area contributed by atoms with Crippen molar-refractivity contribution < 1.29 is 9.53 Å². The molecule has 96 valence electrons. The number of hydrogen-bond donors (Lipinski definition) is 0. The molecular formula is C14H18N2O2. The number of carbonyl (C=O) groups excluding carboxylic acids is 1. The fourth-order valence-electron chi connectivity index (χ4n) is 1.72. The topological polar surface area (TPSA) is 53.3 Å². The highest BCUT2D eigenvalue weighted by atomic mass is 16.5. The summed E-state index contributed by atoms with van der Waals surface area (Å²) in [6.07, 6.45) is 0.350. The number of benzene rings is 1. The maximum Gasteiger partial charge on any atom is 0.254 e. The fourth-order valence-corrected chi connectivity index (χ4v) is 1.72. The first-order valence-electron chi connectivity index (χ1n) is 5.94. The van der Waals surface area contributed by atoms with E-state index in [-0.39, 0.29) is 5.91 Å². The first kappa shape index (κ1) is 14.0. The standard InChI is InChI=1S/C14H18N2O2/c1-4-16(9-5-8-15)14(17)12-7-6-11(2)13(10-12)18-3/h6-7,10H,4-5,9H2,1-3H3. The van der Waals surface area contributed by atoms with Crippen LogP contribution >= 0.6 is 0 Å². The van der Waals surface area contributed by atoms with Crippen LogP contribution < -0.4 is 4.74 Å². The number of aryl methyl sites for hydroxylation is 1. The Hall–Kier alpha value is -2.02. The lowest BCUT2D eigenvalue weighted by molar-refractivity contribution is 0.0767. The molecule has 1 aromatic rings. The summed E-state index contributed by atoms with van der Waals surface area (Å²) >= 11 is 0. The zero-order valence-electron chi connectivity index (χ0n) is 11.1. The van der Waals surface area contributed by atoms with E-state index in [4.69, 9.17) is 10.00 Å². The summed E-state index contributed by atoms with van der Waals surface area (Å²) in [7, 11) is 1.59. The summed E-state index contributed by atoms with van der Waals surface area (Å²) in [5.41, 5.74) is 1.59. The van der Waals surface area contributed by atoms with Crippen LogP contribution in [0.2, 0.25) is 0 Å². The third-order valence-electron chi connectivity index (χ3n) is 2.82. The van der Waals surface area contributed by atoms with Gasteiger partial charge in [-0.15, -0.1) is 0 Å². The predicted molar refractivity (Wildman–Crippen MR) is 69.5 cm³/mol. The van der Waals surface area contributed by atoms with Crippen LogP contribution in [0.25, 0.3) is 0 Å². The molecule has 18 heavy (non-hydrogen) atoms. The largest absolute Gasteiger partial charge is 0.496 e. The molecule has 0 N–H and O–H groups in total. The van der Waals surface area contributed by atoms with Gasteiger partial charge in [-0.3, -0.25) is 4.79 Å². The lowest BCUT2D eigenvalue weighted by Gasteiger charge is -2.20. The van der Waals surface area contributed by atoms with Crippen molar-refractivity contribution in [3.8, 4) is 11.8 Å². The molecule has 1 amide bonds. The molecule has 0 fully saturated rings. The molecule has 1 aromatic carbocycles. The van der Waals surface area contributed by atoms with Crippen LogP contribution in [0.4, 0.5) is 0 Å². The fraction of sp³-hybridized carbons (Fsp3) is 0.429. The molecule has 1 rings (SSSR count). The Labute approximate surface area is 108 Å². The molecule has 0 spiro atoms. The highest BCUT2D eigenvalue weighted by Gasteiger charge is 2.14. The molecule has 0 radical (unpaired) electrons. The molecule has 0 heterocycles. The van der Waals surface area contributed by atoms with Crippen molar-refractivity contribution >= 4 is 5.91 Å². The number of hydrogen-bond acceptors (Lipinski definition) is 3. The predicted octanol–water partition coefficient (Wildman–Crippen LogP) is 2.38. The highest BCUT2D eigenvalue weighted by Crippen LogP contribution is 2.20. The molecule has 0 aliphatic carbocycles. The maximum atomic E-state index is 12.2. The van der Waals surface area contributed by atoms with Crippen LogP contribution in [0.15, 0.2) is 18.2 Å². The van der Waals surface area contributed by atoms with E-state index in [9.17, 15) is 4.79 Å². The first-order valence-corrected chi connectivity index (χ1v) is 5.94. The van der Waals surface area contributed by atoms with E-state index in [1.54, 1.807) is 24.1 Å². The lowest BCUT2D eigenvalue weighted by atomic mass is 10.1. The van der Waals surface area contributed by atoms with Gasteiger partial charge in [0.15, 0.2) is 0 Å². The molecular weight excluding hydrogens is 228 g/mol. The number of ether oxygens (including phenoxy) is 1. The van der Waals surface area contributed by atoms with E-state index in [2.05, 4.69) is 6.07 Å². The summed E-state index contributed by atoms with van der Waals surface area (Å²) in [4.78, 5) is 13.9. The Bertz CT molecular complexity index is 463. The van der Waals surface area contributed by atoms with Gasteiger partial charge in [0.1, 0.15) is 5.75 Å².